The molecular formula is C27H35N3O6. The molecule has 0 aliphatic carbocycles. The molecule has 0 fully saturated rings. The third kappa shape index (κ3) is 7.49. The number of carbonyl (C=O) groups is 3. The number of alkyl carbamates (subject to hydrolysis) is 1. The van der Waals surface area contributed by atoms with Crippen molar-refractivity contribution in [3.8, 4) is 11.5 Å². The average molecular weight is 498 g/mol. The van der Waals surface area contributed by atoms with E-state index in [2.05, 4.69) is 17.2 Å². The van der Waals surface area contributed by atoms with E-state index in [1.54, 1.807) is 70.2 Å². The summed E-state index contributed by atoms with van der Waals surface area (Å²) >= 11 is 0. The third-order valence-electron chi connectivity index (χ3n) is 5.19. The second kappa shape index (κ2) is 12.1. The van der Waals surface area contributed by atoms with Crippen molar-refractivity contribution in [3.05, 3.63) is 66.2 Å². The van der Waals surface area contributed by atoms with E-state index in [0.29, 0.717) is 17.0 Å². The largest absolute Gasteiger partial charge is 0.507 e. The van der Waals surface area contributed by atoms with Crippen molar-refractivity contribution in [3.63, 3.8) is 0 Å². The number of benzene rings is 2. The molecule has 36 heavy (non-hydrogen) atoms. The second-order valence-electron chi connectivity index (χ2n) is 9.28. The number of amides is 3. The molecule has 194 valence electrons. The Kier molecular flexibility index (Phi) is 9.49. The van der Waals surface area contributed by atoms with Gasteiger partial charge >= 0.3 is 6.09 Å². The van der Waals surface area contributed by atoms with E-state index in [4.69, 9.17) is 9.47 Å². The molecule has 0 saturated carbocycles. The van der Waals surface area contributed by atoms with Crippen molar-refractivity contribution in [1.82, 2.24) is 10.2 Å². The maximum absolute atomic E-state index is 13.6. The molecule has 0 bridgehead atoms. The van der Waals surface area contributed by atoms with Crippen LogP contribution in [0.25, 0.3) is 0 Å². The number of anilines is 1. The Hall–Kier alpha value is -4.01. The van der Waals surface area contributed by atoms with Gasteiger partial charge in [0, 0.05) is 17.8 Å². The number of phenols is 1. The molecule has 2 rings (SSSR count). The zero-order valence-corrected chi connectivity index (χ0v) is 21.6. The van der Waals surface area contributed by atoms with Crippen LogP contribution in [0.2, 0.25) is 0 Å². The van der Waals surface area contributed by atoms with Crippen molar-refractivity contribution in [2.45, 2.75) is 52.3 Å². The van der Waals surface area contributed by atoms with E-state index >= 15 is 0 Å². The topological polar surface area (TPSA) is 117 Å². The fraction of sp³-hybridized carbons (Fsp3) is 0.370. The molecule has 9 heteroatoms. The lowest BCUT2D eigenvalue weighted by Gasteiger charge is -2.33. The second-order valence-corrected chi connectivity index (χ2v) is 9.28. The predicted molar refractivity (Wildman–Crippen MR) is 138 cm³/mol. The van der Waals surface area contributed by atoms with Crippen molar-refractivity contribution < 1.29 is 29.0 Å². The number of aromatic hydroxyl groups is 1. The van der Waals surface area contributed by atoms with Gasteiger partial charge in [-0.1, -0.05) is 24.3 Å². The maximum atomic E-state index is 13.6. The van der Waals surface area contributed by atoms with Gasteiger partial charge in [-0.05, 0) is 64.4 Å². The molecule has 0 saturated heterocycles. The normalized spacial score (nSPS) is 12.6. The highest BCUT2D eigenvalue weighted by molar-refractivity contribution is 5.99. The number of ether oxygens (including phenoxy) is 2. The molecule has 2 aromatic rings. The minimum absolute atomic E-state index is 0.0206. The lowest BCUT2D eigenvalue weighted by atomic mass is 9.99. The molecule has 3 N–H and O–H groups in total. The summed E-state index contributed by atoms with van der Waals surface area (Å²) in [5.41, 5.74) is 0.507. The number of nitrogens with one attached hydrogen (secondary N) is 2. The van der Waals surface area contributed by atoms with Crippen LogP contribution >= 0.6 is 0 Å². The molecule has 3 amide bonds. The van der Waals surface area contributed by atoms with Crippen LogP contribution in [0.15, 0.2) is 55.1 Å². The van der Waals surface area contributed by atoms with Gasteiger partial charge in [-0.3, -0.25) is 9.59 Å². The van der Waals surface area contributed by atoms with Crippen molar-refractivity contribution in [2.24, 2.45) is 0 Å². The molecular weight excluding hydrogens is 462 g/mol. The first-order chi connectivity index (χ1) is 16.9. The van der Waals surface area contributed by atoms with Crippen LogP contribution in [-0.2, 0) is 14.3 Å². The van der Waals surface area contributed by atoms with Gasteiger partial charge in [-0.2, -0.15) is 0 Å². The van der Waals surface area contributed by atoms with Crippen LogP contribution in [0.4, 0.5) is 10.5 Å². The Morgan fingerprint density at radius 1 is 1.14 bits per heavy atom. The first-order valence-corrected chi connectivity index (χ1v) is 11.5. The van der Waals surface area contributed by atoms with Crippen LogP contribution in [0.3, 0.4) is 0 Å². The molecule has 2 atom stereocenters. The molecule has 0 spiro atoms. The lowest BCUT2D eigenvalue weighted by molar-refractivity contribution is -0.139. The zero-order chi connectivity index (χ0) is 27.0. The molecule has 2 aromatic carbocycles. The van der Waals surface area contributed by atoms with Gasteiger partial charge in [-0.15, -0.1) is 6.58 Å². The summed E-state index contributed by atoms with van der Waals surface area (Å²) in [5, 5.41) is 16.1. The standard InChI is InChI=1S/C27H35N3O6/c1-8-16-30(25(33)18(3)28-26(34)36-27(4,5)6)22(21-11-9-10-17(2)23(21)31)24(32)29-19-12-14-20(35-7)15-13-19/h8-15,18,22,31H,1,16H2,2-7H3,(H,28,34)(H,29,32). The number of hydrogen-bond acceptors (Lipinski definition) is 6. The fourth-order valence-electron chi connectivity index (χ4n) is 3.49. The summed E-state index contributed by atoms with van der Waals surface area (Å²) in [6.45, 7) is 12.0. The predicted octanol–water partition coefficient (Wildman–Crippen LogP) is 4.32. The first kappa shape index (κ1) is 28.2. The minimum atomic E-state index is -1.22. The number of aryl methyl sites for hydroxylation is 1. The monoisotopic (exact) mass is 497 g/mol. The molecule has 0 radical (unpaired) electrons. The molecule has 9 nitrogen and oxygen atoms in total. The van der Waals surface area contributed by atoms with E-state index in [0.717, 1.165) is 0 Å². The van der Waals surface area contributed by atoms with Crippen LogP contribution in [-0.4, -0.2) is 53.2 Å². The number of rotatable bonds is 9. The average Bonchev–Trinajstić information content (AvgIpc) is 2.80. The van der Waals surface area contributed by atoms with Crippen LogP contribution in [0.5, 0.6) is 11.5 Å². The number of para-hydroxylation sites is 1. The van der Waals surface area contributed by atoms with Gasteiger partial charge in [0.1, 0.15) is 29.2 Å². The van der Waals surface area contributed by atoms with Crippen LogP contribution in [0.1, 0.15) is 44.9 Å². The molecule has 0 aliphatic rings. The summed E-state index contributed by atoms with van der Waals surface area (Å²) in [4.78, 5) is 40.6. The molecule has 0 aromatic heterocycles. The van der Waals surface area contributed by atoms with Crippen LogP contribution < -0.4 is 15.4 Å². The van der Waals surface area contributed by atoms with Crippen molar-refractivity contribution in [1.29, 1.82) is 0 Å². The SMILES string of the molecule is C=CCN(C(=O)C(C)NC(=O)OC(C)(C)C)C(C(=O)Nc1ccc(OC)cc1)c1cccc(C)c1O. The fourth-order valence-corrected chi connectivity index (χ4v) is 3.49. The Bertz CT molecular complexity index is 1090. The summed E-state index contributed by atoms with van der Waals surface area (Å²) in [5.74, 6) is -0.606. The van der Waals surface area contributed by atoms with E-state index in [1.165, 1.54) is 25.0 Å². The van der Waals surface area contributed by atoms with Crippen molar-refractivity contribution in [2.75, 3.05) is 19.0 Å². The lowest BCUT2D eigenvalue weighted by Crippen LogP contribution is -2.51. The summed E-state index contributed by atoms with van der Waals surface area (Å²) in [7, 11) is 1.54. The molecule has 0 aliphatic heterocycles. The number of nitrogens with zero attached hydrogens (tertiary/aromatic N) is 1. The third-order valence-corrected chi connectivity index (χ3v) is 5.19. The number of hydrogen-bond donors (Lipinski definition) is 3. The number of carbonyl (C=O) groups excluding carboxylic acids is 3. The smallest absolute Gasteiger partial charge is 0.408 e. The summed E-state index contributed by atoms with van der Waals surface area (Å²) in [6, 6.07) is 9.43. The molecule has 0 heterocycles. The van der Waals surface area contributed by atoms with E-state index < -0.39 is 35.6 Å². The highest BCUT2D eigenvalue weighted by atomic mass is 16.6. The Labute approximate surface area is 212 Å². The van der Waals surface area contributed by atoms with Crippen molar-refractivity contribution >= 4 is 23.6 Å². The summed E-state index contributed by atoms with van der Waals surface area (Å²) < 4.78 is 10.4. The van der Waals surface area contributed by atoms with Gasteiger partial charge in [-0.25, -0.2) is 4.79 Å². The van der Waals surface area contributed by atoms with Gasteiger partial charge in [0.25, 0.3) is 5.91 Å². The van der Waals surface area contributed by atoms with E-state index in [-0.39, 0.29) is 17.9 Å². The Morgan fingerprint density at radius 2 is 1.78 bits per heavy atom. The Balaban J connectivity index is 2.44. The quantitative estimate of drug-likeness (QED) is 0.444. The number of methoxy groups -OCH3 is 1. The van der Waals surface area contributed by atoms with Gasteiger partial charge < -0.3 is 30.1 Å². The first-order valence-electron chi connectivity index (χ1n) is 11.5. The van der Waals surface area contributed by atoms with E-state index in [9.17, 15) is 19.5 Å². The minimum Gasteiger partial charge on any atom is -0.507 e. The van der Waals surface area contributed by atoms with Crippen LogP contribution in [0, 0.1) is 6.92 Å². The van der Waals surface area contributed by atoms with Gasteiger partial charge in [0.05, 0.1) is 7.11 Å². The van der Waals surface area contributed by atoms with E-state index in [1.807, 2.05) is 0 Å². The Morgan fingerprint density at radius 3 is 2.33 bits per heavy atom. The molecule has 2 unspecified atom stereocenters. The van der Waals surface area contributed by atoms with Gasteiger partial charge in [0.2, 0.25) is 5.91 Å². The zero-order valence-electron chi connectivity index (χ0n) is 21.6. The highest BCUT2D eigenvalue weighted by Gasteiger charge is 2.36. The highest BCUT2D eigenvalue weighted by Crippen LogP contribution is 2.33. The number of phenolic OH excluding ortho intramolecular Hbond substituents is 1. The summed E-state index contributed by atoms with van der Waals surface area (Å²) in [6.07, 6.45) is 0.707. The maximum Gasteiger partial charge on any atom is 0.408 e. The van der Waals surface area contributed by atoms with Gasteiger partial charge in [0.15, 0.2) is 0 Å².